The summed E-state index contributed by atoms with van der Waals surface area (Å²) in [5.41, 5.74) is 0. The Balaban J connectivity index is 0.00000144. The fraction of sp³-hybridized carbons (Fsp3) is 0.0769. The zero-order valence-corrected chi connectivity index (χ0v) is 9.93. The second-order valence-electron chi connectivity index (χ2n) is 3.35. The van der Waals surface area contributed by atoms with E-state index in [0.29, 0.717) is 0 Å². The molecule has 3 nitrogen and oxygen atoms in total. The van der Waals surface area contributed by atoms with Gasteiger partial charge in [-0.2, -0.15) is 4.79 Å². The van der Waals surface area contributed by atoms with Gasteiger partial charge in [-0.05, 0) is 11.5 Å². The highest BCUT2D eigenvalue weighted by Crippen LogP contribution is 2.09. The Morgan fingerprint density at radius 2 is 2.00 bits per heavy atom. The first-order valence-corrected chi connectivity index (χ1v) is 4.99. The van der Waals surface area contributed by atoms with E-state index in [9.17, 15) is 4.79 Å². The quantitative estimate of drug-likeness (QED) is 0.521. The van der Waals surface area contributed by atoms with Gasteiger partial charge in [-0.3, -0.25) is 0 Å². The number of pyridine rings is 1. The molecule has 0 atom stereocenters. The van der Waals surface area contributed by atoms with Crippen molar-refractivity contribution < 1.29 is 26.5 Å². The number of carbonyl (C=O) groups is 1. The maximum Gasteiger partial charge on any atom is 0.602 e. The van der Waals surface area contributed by atoms with Gasteiger partial charge in [-0.1, -0.05) is 35.4 Å². The van der Waals surface area contributed by atoms with Gasteiger partial charge in [-0.15, -0.1) is 0 Å². The smallest absolute Gasteiger partial charge is 0.602 e. The molecule has 2 rings (SSSR count). The third-order valence-corrected chi connectivity index (χ3v) is 2.22. The lowest BCUT2D eigenvalue weighted by Crippen LogP contribution is -3.00. The number of hydrogen-bond acceptors (Lipinski definition) is 2. The van der Waals surface area contributed by atoms with E-state index in [2.05, 4.69) is 6.58 Å². The SMILES string of the molecule is C=CCOC(=O)[n+]1ccc2ccccc2c1.[Cl-]. The summed E-state index contributed by atoms with van der Waals surface area (Å²) in [6, 6.07) is 9.72. The Morgan fingerprint density at radius 3 is 2.71 bits per heavy atom. The molecule has 0 spiro atoms. The monoisotopic (exact) mass is 249 g/mol. The van der Waals surface area contributed by atoms with E-state index in [1.54, 1.807) is 18.5 Å². The number of rotatable bonds is 2. The van der Waals surface area contributed by atoms with E-state index in [0.717, 1.165) is 10.8 Å². The summed E-state index contributed by atoms with van der Waals surface area (Å²) in [7, 11) is 0. The van der Waals surface area contributed by atoms with E-state index in [-0.39, 0.29) is 19.0 Å². The molecule has 0 bridgehead atoms. The van der Waals surface area contributed by atoms with Crippen LogP contribution in [0, 0.1) is 0 Å². The van der Waals surface area contributed by atoms with E-state index < -0.39 is 6.09 Å². The number of ether oxygens (including phenoxy) is 1. The van der Waals surface area contributed by atoms with E-state index in [1.807, 2.05) is 30.3 Å². The summed E-state index contributed by atoms with van der Waals surface area (Å²) >= 11 is 0. The average Bonchev–Trinajstić information content (AvgIpc) is 2.35. The normalized spacial score (nSPS) is 9.41. The molecule has 0 amide bonds. The number of aromatic nitrogens is 1. The minimum atomic E-state index is -0.398. The van der Waals surface area contributed by atoms with Crippen LogP contribution in [-0.4, -0.2) is 12.7 Å². The van der Waals surface area contributed by atoms with Crippen molar-refractivity contribution in [3.8, 4) is 0 Å². The molecular weight excluding hydrogens is 238 g/mol. The molecule has 0 aliphatic carbocycles. The number of hydrogen-bond donors (Lipinski definition) is 0. The first-order valence-electron chi connectivity index (χ1n) is 4.99. The Morgan fingerprint density at radius 1 is 1.29 bits per heavy atom. The molecule has 0 fully saturated rings. The van der Waals surface area contributed by atoms with Crippen LogP contribution in [-0.2, 0) is 4.74 Å². The lowest BCUT2D eigenvalue weighted by atomic mass is 10.2. The first-order chi connectivity index (χ1) is 7.81. The van der Waals surface area contributed by atoms with E-state index >= 15 is 0 Å². The number of carbonyl (C=O) groups excluding carboxylic acids is 1. The van der Waals surface area contributed by atoms with Crippen molar-refractivity contribution in [2.45, 2.75) is 0 Å². The highest BCUT2D eigenvalue weighted by Gasteiger charge is 2.15. The van der Waals surface area contributed by atoms with Crippen LogP contribution in [0.4, 0.5) is 4.79 Å². The number of fused-ring (bicyclic) bond motifs is 1. The van der Waals surface area contributed by atoms with Crippen LogP contribution < -0.4 is 17.0 Å². The zero-order chi connectivity index (χ0) is 11.4. The molecule has 1 aromatic heterocycles. The van der Waals surface area contributed by atoms with E-state index in [4.69, 9.17) is 4.74 Å². The first kappa shape index (κ1) is 13.2. The fourth-order valence-electron chi connectivity index (χ4n) is 1.45. The molecule has 0 aliphatic heterocycles. The Hall–Kier alpha value is -1.87. The van der Waals surface area contributed by atoms with Gasteiger partial charge < -0.3 is 17.1 Å². The summed E-state index contributed by atoms with van der Waals surface area (Å²) < 4.78 is 6.35. The van der Waals surface area contributed by atoms with E-state index in [1.165, 1.54) is 4.57 Å². The minimum absolute atomic E-state index is 0. The standard InChI is InChI=1S/C13H12NO2.ClH/c1-2-9-16-13(15)14-8-7-11-5-3-4-6-12(11)10-14;/h2-8,10H,1,9H2;1H/q+1;/p-1. The molecule has 1 aromatic carbocycles. The second kappa shape index (κ2) is 6.01. The van der Waals surface area contributed by atoms with Gasteiger partial charge >= 0.3 is 6.09 Å². The Bertz CT molecular complexity index is 540. The summed E-state index contributed by atoms with van der Waals surface area (Å²) in [6.07, 6.45) is 4.58. The molecule has 0 unspecified atom stereocenters. The van der Waals surface area contributed by atoms with Crippen molar-refractivity contribution in [1.82, 2.24) is 0 Å². The van der Waals surface area contributed by atoms with Crippen molar-refractivity contribution >= 4 is 16.9 Å². The van der Waals surface area contributed by atoms with Gasteiger partial charge in [0.05, 0.1) is 0 Å². The van der Waals surface area contributed by atoms with Crippen LogP contribution in [0.15, 0.2) is 55.4 Å². The van der Waals surface area contributed by atoms with Crippen LogP contribution in [0.1, 0.15) is 0 Å². The number of nitrogens with zero attached hydrogens (tertiary/aromatic N) is 1. The van der Waals surface area contributed by atoms with Crippen molar-refractivity contribution in [2.24, 2.45) is 0 Å². The van der Waals surface area contributed by atoms with Gasteiger partial charge in [0.2, 0.25) is 0 Å². The second-order valence-corrected chi connectivity index (χ2v) is 3.35. The summed E-state index contributed by atoms with van der Waals surface area (Å²) in [5, 5.41) is 2.09. The molecule has 2 aromatic rings. The molecule has 0 saturated carbocycles. The topological polar surface area (TPSA) is 30.2 Å². The lowest BCUT2D eigenvalue weighted by Gasteiger charge is -1.97. The van der Waals surface area contributed by atoms with Crippen LogP contribution in [0.3, 0.4) is 0 Å². The van der Waals surface area contributed by atoms with Gasteiger partial charge in [0.25, 0.3) is 0 Å². The van der Waals surface area contributed by atoms with Gasteiger partial charge in [0, 0.05) is 11.5 Å². The summed E-state index contributed by atoms with van der Waals surface area (Å²) in [4.78, 5) is 11.5. The molecular formula is C13H12ClNO2. The van der Waals surface area contributed by atoms with Crippen molar-refractivity contribution in [1.29, 1.82) is 0 Å². The largest absolute Gasteiger partial charge is 1.00 e. The molecule has 88 valence electrons. The minimum Gasteiger partial charge on any atom is -1.00 e. The van der Waals surface area contributed by atoms with Crippen molar-refractivity contribution in [3.05, 3.63) is 55.4 Å². The molecule has 17 heavy (non-hydrogen) atoms. The molecule has 0 aliphatic rings. The predicted octanol–water partition coefficient (Wildman–Crippen LogP) is -0.698. The van der Waals surface area contributed by atoms with Crippen LogP contribution in [0.25, 0.3) is 10.8 Å². The maximum absolute atomic E-state index is 11.5. The third-order valence-electron chi connectivity index (χ3n) is 2.22. The van der Waals surface area contributed by atoms with Gasteiger partial charge in [0.15, 0.2) is 12.4 Å². The van der Waals surface area contributed by atoms with Crippen LogP contribution in [0.2, 0.25) is 0 Å². The highest BCUT2D eigenvalue weighted by atomic mass is 35.5. The van der Waals surface area contributed by atoms with Crippen LogP contribution in [0.5, 0.6) is 0 Å². The van der Waals surface area contributed by atoms with Crippen molar-refractivity contribution in [2.75, 3.05) is 6.61 Å². The molecule has 1 heterocycles. The molecule has 4 heteroatoms. The third kappa shape index (κ3) is 3.04. The summed E-state index contributed by atoms with van der Waals surface area (Å²) in [6.45, 7) is 3.71. The van der Waals surface area contributed by atoms with Gasteiger partial charge in [0.1, 0.15) is 6.61 Å². The zero-order valence-electron chi connectivity index (χ0n) is 9.17. The lowest BCUT2D eigenvalue weighted by molar-refractivity contribution is -0.584. The molecule has 0 saturated heterocycles. The van der Waals surface area contributed by atoms with Gasteiger partial charge in [-0.25, -0.2) is 0 Å². The molecule has 0 radical (unpaired) electrons. The Kier molecular flexibility index (Phi) is 4.67. The van der Waals surface area contributed by atoms with Crippen LogP contribution >= 0.6 is 0 Å². The van der Waals surface area contributed by atoms with Crippen molar-refractivity contribution in [3.63, 3.8) is 0 Å². The maximum atomic E-state index is 11.5. The predicted molar refractivity (Wildman–Crippen MR) is 61.1 cm³/mol. The highest BCUT2D eigenvalue weighted by molar-refractivity contribution is 5.81. The number of halogens is 1. The summed E-state index contributed by atoms with van der Waals surface area (Å²) in [5.74, 6) is 0. The average molecular weight is 250 g/mol. The molecule has 0 N–H and O–H groups in total. The number of benzene rings is 1. The fourth-order valence-corrected chi connectivity index (χ4v) is 1.45. The Labute approximate surface area is 106 Å².